The summed E-state index contributed by atoms with van der Waals surface area (Å²) in [7, 11) is 0. The van der Waals surface area contributed by atoms with Gasteiger partial charge in [0, 0.05) is 49.1 Å². The second kappa shape index (κ2) is 28.2. The van der Waals surface area contributed by atoms with Crippen LogP contribution in [0.2, 0.25) is 0 Å². The van der Waals surface area contributed by atoms with Crippen LogP contribution < -0.4 is 65.2 Å². The van der Waals surface area contributed by atoms with Crippen LogP contribution in [0.15, 0.2) is 0 Å². The molecule has 0 radical (unpaired) electrons. The van der Waals surface area contributed by atoms with E-state index in [0.717, 1.165) is 44.3 Å². The Kier molecular flexibility index (Phi) is 23.3. The fourth-order valence-electron chi connectivity index (χ4n) is 8.00. The van der Waals surface area contributed by atoms with E-state index in [1.807, 2.05) is 11.8 Å². The number of rotatable bonds is 31. The Morgan fingerprint density at radius 3 is 1.95 bits per heavy atom. The fraction of sp³-hybridized carbons (Fsp3) is 0.725. The molecule has 2 heterocycles. The number of hydrogen-bond acceptors (Lipinski definition) is 13. The van der Waals surface area contributed by atoms with E-state index in [-0.39, 0.29) is 68.5 Å². The van der Waals surface area contributed by atoms with Gasteiger partial charge in [-0.25, -0.2) is 10.3 Å². The first kappa shape index (κ1) is 53.6. The summed E-state index contributed by atoms with van der Waals surface area (Å²) in [5.41, 5.74) is 17.5. The SMILES string of the molecule is NC(=O)CC[C@H](NC(=O)C(CC(=O)NO)CC1CCCC1)C(=O)N[C@@H](CCC(N)=O)C(=O)NCC(=O)NCC(=O)N[C@@H](CCCCNC(=O)CCCC[C@@H]1SC[C@@H]2NC(=O)N[C@@H]21)C(N)=O. The number of urea groups is 1. The van der Waals surface area contributed by atoms with Crippen molar-refractivity contribution in [2.24, 2.45) is 29.0 Å². The molecule has 3 aliphatic rings. The number of fused-ring (bicyclic) bond motifs is 1. The number of primary amides is 3. The van der Waals surface area contributed by atoms with Gasteiger partial charge in [-0.15, -0.1) is 0 Å². The maximum absolute atomic E-state index is 13.5. The van der Waals surface area contributed by atoms with Crippen LogP contribution in [0.3, 0.4) is 0 Å². The molecule has 12 amide bonds. The van der Waals surface area contributed by atoms with Crippen LogP contribution in [0.5, 0.6) is 0 Å². The summed E-state index contributed by atoms with van der Waals surface area (Å²) in [5.74, 6) is -7.41. The third-order valence-corrected chi connectivity index (χ3v) is 13.0. The summed E-state index contributed by atoms with van der Waals surface area (Å²) in [6.45, 7) is -0.922. The van der Waals surface area contributed by atoms with Crippen molar-refractivity contribution in [3.05, 3.63) is 0 Å². The fourth-order valence-corrected chi connectivity index (χ4v) is 9.54. The zero-order valence-electron chi connectivity index (χ0n) is 36.5. The number of unbranched alkanes of at least 4 members (excludes halogenated alkanes) is 2. The highest BCUT2D eigenvalue weighted by Crippen LogP contribution is 2.33. The van der Waals surface area contributed by atoms with Gasteiger partial charge in [0.05, 0.1) is 25.2 Å². The minimum absolute atomic E-state index is 0.102. The normalized spacial score (nSPS) is 19.5. The predicted molar refractivity (Wildman–Crippen MR) is 233 cm³/mol. The number of nitrogens with two attached hydrogens (primary N) is 3. The molecule has 0 aromatic rings. The lowest BCUT2D eigenvalue weighted by molar-refractivity contribution is -0.137. The van der Waals surface area contributed by atoms with Crippen LogP contribution in [0.25, 0.3) is 0 Å². The van der Waals surface area contributed by atoms with Crippen molar-refractivity contribution < 1.29 is 57.9 Å². The molecular weight excluding hydrogens is 873 g/mol. The summed E-state index contributed by atoms with van der Waals surface area (Å²) in [6.07, 6.45) is 6.10. The Bertz CT molecular complexity index is 1720. The van der Waals surface area contributed by atoms with Crippen molar-refractivity contribution in [2.45, 2.75) is 145 Å². The molecule has 24 nitrogen and oxygen atoms in total. The Labute approximate surface area is 381 Å². The molecule has 1 saturated carbocycles. The van der Waals surface area contributed by atoms with Gasteiger partial charge in [0.25, 0.3) is 0 Å². The molecule has 25 heteroatoms. The van der Waals surface area contributed by atoms with Crippen LogP contribution in [0.1, 0.15) is 109 Å². The van der Waals surface area contributed by atoms with E-state index < -0.39 is 90.3 Å². The van der Waals surface area contributed by atoms with Gasteiger partial charge in [-0.05, 0) is 57.3 Å². The van der Waals surface area contributed by atoms with E-state index in [0.29, 0.717) is 43.9 Å². The number of nitrogens with one attached hydrogen (secondary N) is 9. The van der Waals surface area contributed by atoms with Gasteiger partial charge in [-0.1, -0.05) is 32.1 Å². The van der Waals surface area contributed by atoms with E-state index in [9.17, 15) is 52.7 Å². The zero-order chi connectivity index (χ0) is 47.9. The molecule has 1 unspecified atom stereocenters. The predicted octanol–water partition coefficient (Wildman–Crippen LogP) is -3.21. The second-order valence-electron chi connectivity index (χ2n) is 16.7. The van der Waals surface area contributed by atoms with Crippen molar-refractivity contribution in [3.8, 4) is 0 Å². The number of thioether (sulfide) groups is 1. The van der Waals surface area contributed by atoms with Crippen LogP contribution in [0, 0.1) is 11.8 Å². The van der Waals surface area contributed by atoms with Gasteiger partial charge >= 0.3 is 6.03 Å². The zero-order valence-corrected chi connectivity index (χ0v) is 37.4. The third kappa shape index (κ3) is 20.3. The minimum atomic E-state index is -1.46. The summed E-state index contributed by atoms with van der Waals surface area (Å²) in [6, 6.07) is -3.81. The quantitative estimate of drug-likeness (QED) is 0.0141. The highest BCUT2D eigenvalue weighted by atomic mass is 32.2. The molecule has 0 aromatic heterocycles. The topological polar surface area (TPSA) is 394 Å². The van der Waals surface area contributed by atoms with Gasteiger partial charge in [0.15, 0.2) is 0 Å². The summed E-state index contributed by atoms with van der Waals surface area (Å²) >= 11 is 1.82. The summed E-state index contributed by atoms with van der Waals surface area (Å²) in [5, 5.41) is 30.1. The molecule has 364 valence electrons. The van der Waals surface area contributed by atoms with E-state index >= 15 is 0 Å². The van der Waals surface area contributed by atoms with Crippen molar-refractivity contribution in [1.29, 1.82) is 0 Å². The standard InChI is InChI=1S/C40H66N12O12S/c41-29(53)14-12-25(49-39(62)26(13-15-30(42)54)48-37(60)23(18-32(56)52-64)17-22-7-1-2-8-22)38(61)46-19-33(57)45-20-34(58)47-24(36(43)59)9-5-6-16-44-31(55)11-4-3-10-28-35-27(21-65-28)50-40(63)51-35/h22-28,35,64H,1-21H2,(H2,41,53)(H2,42,54)(H2,43,59)(H,44,55)(H,45,57)(H,46,61)(H,47,58)(H,48,60)(H,49,62)(H,52,56)(H2,50,51,63)/t23?,24-,25-,26-,27-,28-,35-/m0/s1. The Hall–Kier alpha value is -5.72. The summed E-state index contributed by atoms with van der Waals surface area (Å²) < 4.78 is 0. The number of amides is 12. The lowest BCUT2D eigenvalue weighted by Crippen LogP contribution is -2.55. The van der Waals surface area contributed by atoms with E-state index in [2.05, 4.69) is 42.5 Å². The van der Waals surface area contributed by atoms with E-state index in [1.54, 1.807) is 0 Å². The Morgan fingerprint density at radius 1 is 0.662 bits per heavy atom. The first-order valence-corrected chi connectivity index (χ1v) is 23.2. The van der Waals surface area contributed by atoms with Gasteiger partial charge in [0.2, 0.25) is 59.1 Å². The van der Waals surface area contributed by atoms with Crippen molar-refractivity contribution in [1.82, 2.24) is 48.0 Å². The molecule has 65 heavy (non-hydrogen) atoms. The molecule has 0 aromatic carbocycles. The third-order valence-electron chi connectivity index (χ3n) is 11.5. The van der Waals surface area contributed by atoms with Crippen LogP contribution in [-0.4, -0.2) is 131 Å². The van der Waals surface area contributed by atoms with E-state index in [4.69, 9.17) is 22.4 Å². The molecule has 1 aliphatic carbocycles. The summed E-state index contributed by atoms with van der Waals surface area (Å²) in [4.78, 5) is 136. The lowest BCUT2D eigenvalue weighted by atomic mass is 9.89. The lowest BCUT2D eigenvalue weighted by Gasteiger charge is -2.25. The molecule has 2 aliphatic heterocycles. The highest BCUT2D eigenvalue weighted by Gasteiger charge is 2.42. The van der Waals surface area contributed by atoms with Gasteiger partial charge < -0.3 is 59.7 Å². The molecule has 16 N–H and O–H groups in total. The largest absolute Gasteiger partial charge is 0.370 e. The van der Waals surface area contributed by atoms with Gasteiger partial charge in [-0.2, -0.15) is 11.8 Å². The second-order valence-corrected chi connectivity index (χ2v) is 18.0. The molecule has 7 atom stereocenters. The Balaban J connectivity index is 1.41. The monoisotopic (exact) mass is 938 g/mol. The Morgan fingerprint density at radius 2 is 1.31 bits per heavy atom. The average molecular weight is 939 g/mol. The highest BCUT2D eigenvalue weighted by molar-refractivity contribution is 8.00. The first-order valence-electron chi connectivity index (χ1n) is 22.1. The first-order chi connectivity index (χ1) is 30.9. The number of hydroxylamine groups is 1. The number of hydrogen-bond donors (Lipinski definition) is 13. The van der Waals surface area contributed by atoms with Crippen LogP contribution in [0.4, 0.5) is 4.79 Å². The minimum Gasteiger partial charge on any atom is -0.370 e. The van der Waals surface area contributed by atoms with Crippen molar-refractivity contribution in [3.63, 3.8) is 0 Å². The smallest absolute Gasteiger partial charge is 0.315 e. The van der Waals surface area contributed by atoms with Gasteiger partial charge in [0.1, 0.15) is 18.1 Å². The molecule has 2 saturated heterocycles. The number of carbonyl (C=O) groups excluding carboxylic acids is 11. The van der Waals surface area contributed by atoms with Crippen LogP contribution in [-0.2, 0) is 47.9 Å². The molecule has 0 spiro atoms. The van der Waals surface area contributed by atoms with Crippen molar-refractivity contribution in [2.75, 3.05) is 25.4 Å². The van der Waals surface area contributed by atoms with Gasteiger partial charge in [-0.3, -0.25) is 53.2 Å². The maximum Gasteiger partial charge on any atom is 0.315 e. The number of carbonyl (C=O) groups is 11. The van der Waals surface area contributed by atoms with Crippen LogP contribution >= 0.6 is 11.8 Å². The molecule has 0 bridgehead atoms. The molecule has 3 rings (SSSR count). The molecular formula is C40H66N12O12S. The maximum atomic E-state index is 13.5. The van der Waals surface area contributed by atoms with Crippen molar-refractivity contribution >= 4 is 76.9 Å². The average Bonchev–Trinajstić information content (AvgIpc) is 4.01. The molecule has 3 fully saturated rings. The van der Waals surface area contributed by atoms with E-state index in [1.165, 1.54) is 5.48 Å².